The maximum absolute atomic E-state index is 5.67. The highest BCUT2D eigenvalue weighted by Crippen LogP contribution is 2.41. The largest absolute Gasteiger partial charge is 0.486 e. The van der Waals surface area contributed by atoms with Gasteiger partial charge in [0.05, 0.1) is 0 Å². The summed E-state index contributed by atoms with van der Waals surface area (Å²) in [6, 6.07) is 4.05. The highest BCUT2D eigenvalue weighted by molar-refractivity contribution is 9.10. The van der Waals surface area contributed by atoms with Gasteiger partial charge in [-0.15, -0.1) is 0 Å². The van der Waals surface area contributed by atoms with E-state index in [2.05, 4.69) is 35.8 Å². The Labute approximate surface area is 110 Å². The molecule has 1 heterocycles. The molecule has 0 amide bonds. The average molecular weight is 300 g/mol. The first-order valence-corrected chi connectivity index (χ1v) is 6.63. The number of benzene rings is 1. The molecule has 2 N–H and O–H groups in total. The molecule has 0 atom stereocenters. The van der Waals surface area contributed by atoms with Crippen molar-refractivity contribution in [2.45, 2.75) is 25.7 Å². The zero-order chi connectivity index (χ0) is 12.5. The molecule has 0 aliphatic carbocycles. The number of hydrogen-bond acceptors (Lipinski definition) is 3. The van der Waals surface area contributed by atoms with Crippen molar-refractivity contribution in [2.24, 2.45) is 5.73 Å². The Kier molecular flexibility index (Phi) is 3.64. The first kappa shape index (κ1) is 12.7. The van der Waals surface area contributed by atoms with E-state index < -0.39 is 0 Å². The Balaban J connectivity index is 2.41. The normalized spacial score (nSPS) is 14.8. The van der Waals surface area contributed by atoms with Crippen molar-refractivity contribution in [1.29, 1.82) is 0 Å². The number of halogens is 1. The van der Waals surface area contributed by atoms with E-state index in [0.29, 0.717) is 19.8 Å². The SMILES string of the molecule is CC(C)(CCN)c1cc2c(cc1Br)OCCO2. The number of nitrogens with two attached hydrogens (primary N) is 1. The topological polar surface area (TPSA) is 44.5 Å². The van der Waals surface area contributed by atoms with Gasteiger partial charge < -0.3 is 15.2 Å². The van der Waals surface area contributed by atoms with Gasteiger partial charge in [-0.05, 0) is 36.1 Å². The van der Waals surface area contributed by atoms with Crippen LogP contribution in [0.3, 0.4) is 0 Å². The lowest BCUT2D eigenvalue weighted by molar-refractivity contribution is 0.171. The molecule has 0 spiro atoms. The highest BCUT2D eigenvalue weighted by Gasteiger charge is 2.25. The Morgan fingerprint density at radius 3 is 2.41 bits per heavy atom. The minimum atomic E-state index is 0.0312. The molecule has 0 radical (unpaired) electrons. The van der Waals surface area contributed by atoms with Gasteiger partial charge in [0.2, 0.25) is 0 Å². The molecule has 0 saturated heterocycles. The quantitative estimate of drug-likeness (QED) is 0.933. The van der Waals surface area contributed by atoms with Crippen molar-refractivity contribution < 1.29 is 9.47 Å². The average Bonchev–Trinajstić information content (AvgIpc) is 2.27. The Hall–Kier alpha value is -0.740. The molecule has 1 aromatic carbocycles. The lowest BCUT2D eigenvalue weighted by Gasteiger charge is -2.28. The standard InChI is InChI=1S/C13H18BrNO2/c1-13(2,3-4-15)9-7-11-12(8-10(9)14)17-6-5-16-11/h7-8H,3-6,15H2,1-2H3. The fourth-order valence-electron chi connectivity index (χ4n) is 2.08. The third kappa shape index (κ3) is 2.58. The third-order valence-corrected chi connectivity index (χ3v) is 3.79. The van der Waals surface area contributed by atoms with Crippen LogP contribution in [0.15, 0.2) is 16.6 Å². The molecule has 17 heavy (non-hydrogen) atoms. The molecule has 0 fully saturated rings. The van der Waals surface area contributed by atoms with Crippen molar-refractivity contribution in [3.63, 3.8) is 0 Å². The zero-order valence-corrected chi connectivity index (χ0v) is 11.8. The van der Waals surface area contributed by atoms with Crippen molar-refractivity contribution in [3.8, 4) is 11.5 Å². The van der Waals surface area contributed by atoms with Gasteiger partial charge in [-0.25, -0.2) is 0 Å². The number of rotatable bonds is 3. The minimum absolute atomic E-state index is 0.0312. The van der Waals surface area contributed by atoms with Crippen molar-refractivity contribution in [1.82, 2.24) is 0 Å². The Morgan fingerprint density at radius 2 is 1.82 bits per heavy atom. The summed E-state index contributed by atoms with van der Waals surface area (Å²) in [5.74, 6) is 1.65. The van der Waals surface area contributed by atoms with Crippen LogP contribution in [0, 0.1) is 0 Å². The van der Waals surface area contributed by atoms with Crippen LogP contribution in [0.4, 0.5) is 0 Å². The molecule has 0 aromatic heterocycles. The third-order valence-electron chi connectivity index (χ3n) is 3.13. The smallest absolute Gasteiger partial charge is 0.162 e. The Morgan fingerprint density at radius 1 is 1.24 bits per heavy atom. The van der Waals surface area contributed by atoms with Gasteiger partial charge in [-0.1, -0.05) is 29.8 Å². The molecule has 0 bridgehead atoms. The van der Waals surface area contributed by atoms with E-state index in [4.69, 9.17) is 15.2 Å². The van der Waals surface area contributed by atoms with E-state index in [1.54, 1.807) is 0 Å². The van der Waals surface area contributed by atoms with Crippen LogP contribution in [0.2, 0.25) is 0 Å². The monoisotopic (exact) mass is 299 g/mol. The maximum Gasteiger partial charge on any atom is 0.162 e. The van der Waals surface area contributed by atoms with Crippen molar-refractivity contribution >= 4 is 15.9 Å². The molecule has 1 aromatic rings. The number of ether oxygens (including phenoxy) is 2. The van der Waals surface area contributed by atoms with Crippen LogP contribution in [0.5, 0.6) is 11.5 Å². The molecule has 0 saturated carbocycles. The van der Waals surface area contributed by atoms with Gasteiger partial charge in [0, 0.05) is 4.47 Å². The molecule has 0 unspecified atom stereocenters. The van der Waals surface area contributed by atoms with Crippen molar-refractivity contribution in [3.05, 3.63) is 22.2 Å². The van der Waals surface area contributed by atoms with Crippen molar-refractivity contribution in [2.75, 3.05) is 19.8 Å². The summed E-state index contributed by atoms with van der Waals surface area (Å²) < 4.78 is 12.2. The summed E-state index contributed by atoms with van der Waals surface area (Å²) in [6.07, 6.45) is 0.936. The fraction of sp³-hybridized carbons (Fsp3) is 0.538. The summed E-state index contributed by atoms with van der Waals surface area (Å²) in [6.45, 7) is 6.29. The van der Waals surface area contributed by atoms with Crippen LogP contribution in [0.25, 0.3) is 0 Å². The molecule has 1 aliphatic heterocycles. The fourth-order valence-corrected chi connectivity index (χ4v) is 2.94. The second-order valence-corrected chi connectivity index (χ2v) is 5.75. The second kappa shape index (κ2) is 4.86. The second-order valence-electron chi connectivity index (χ2n) is 4.90. The van der Waals surface area contributed by atoms with E-state index >= 15 is 0 Å². The summed E-state index contributed by atoms with van der Waals surface area (Å²) in [5.41, 5.74) is 6.91. The van der Waals surface area contributed by atoms with Crippen LogP contribution < -0.4 is 15.2 Å². The number of fused-ring (bicyclic) bond motifs is 1. The Bertz CT molecular complexity index is 418. The van der Waals surface area contributed by atoms with Crippen LogP contribution in [-0.4, -0.2) is 19.8 Å². The molecular weight excluding hydrogens is 282 g/mol. The first-order valence-electron chi connectivity index (χ1n) is 5.84. The molecule has 2 rings (SSSR count). The van der Waals surface area contributed by atoms with E-state index in [-0.39, 0.29) is 5.41 Å². The molecule has 4 heteroatoms. The summed E-state index contributed by atoms with van der Waals surface area (Å²) >= 11 is 3.60. The van der Waals surface area contributed by atoms with Gasteiger partial charge in [0.15, 0.2) is 11.5 Å². The zero-order valence-electron chi connectivity index (χ0n) is 10.3. The number of hydrogen-bond donors (Lipinski definition) is 1. The van der Waals surface area contributed by atoms with Crippen LogP contribution in [0.1, 0.15) is 25.8 Å². The predicted molar refractivity (Wildman–Crippen MR) is 71.8 cm³/mol. The van der Waals surface area contributed by atoms with E-state index in [1.165, 1.54) is 5.56 Å². The molecule has 1 aliphatic rings. The van der Waals surface area contributed by atoms with Gasteiger partial charge in [0.1, 0.15) is 13.2 Å². The highest BCUT2D eigenvalue weighted by atomic mass is 79.9. The van der Waals surface area contributed by atoms with E-state index in [1.807, 2.05) is 6.07 Å². The maximum atomic E-state index is 5.67. The van der Waals surface area contributed by atoms with Crippen LogP contribution in [-0.2, 0) is 5.41 Å². The predicted octanol–water partition coefficient (Wildman–Crippen LogP) is 2.85. The summed E-state index contributed by atoms with van der Waals surface area (Å²) in [5, 5.41) is 0. The first-order chi connectivity index (χ1) is 8.04. The van der Waals surface area contributed by atoms with Gasteiger partial charge in [0.25, 0.3) is 0 Å². The van der Waals surface area contributed by atoms with Gasteiger partial charge in [-0.2, -0.15) is 0 Å². The van der Waals surface area contributed by atoms with E-state index in [9.17, 15) is 0 Å². The lowest BCUT2D eigenvalue weighted by atomic mass is 9.81. The van der Waals surface area contributed by atoms with Crippen LogP contribution >= 0.6 is 15.9 Å². The molecular formula is C13H18BrNO2. The summed E-state index contributed by atoms with van der Waals surface area (Å²) in [7, 11) is 0. The minimum Gasteiger partial charge on any atom is -0.486 e. The van der Waals surface area contributed by atoms with Gasteiger partial charge in [-0.3, -0.25) is 0 Å². The lowest BCUT2D eigenvalue weighted by Crippen LogP contribution is -2.23. The molecule has 3 nitrogen and oxygen atoms in total. The molecule has 94 valence electrons. The van der Waals surface area contributed by atoms with E-state index in [0.717, 1.165) is 22.4 Å². The van der Waals surface area contributed by atoms with Gasteiger partial charge >= 0.3 is 0 Å². The summed E-state index contributed by atoms with van der Waals surface area (Å²) in [4.78, 5) is 0.